The number of carbonyl (C=O) groups is 1. The van der Waals surface area contributed by atoms with E-state index in [1.807, 2.05) is 22.7 Å². The van der Waals surface area contributed by atoms with Crippen molar-refractivity contribution in [2.75, 3.05) is 36.9 Å². The maximum atomic E-state index is 13.5. The fourth-order valence-corrected chi connectivity index (χ4v) is 5.55. The van der Waals surface area contributed by atoms with Crippen molar-refractivity contribution in [2.24, 2.45) is 5.41 Å². The van der Waals surface area contributed by atoms with E-state index in [2.05, 4.69) is 57.6 Å². The summed E-state index contributed by atoms with van der Waals surface area (Å²) in [5, 5.41) is 14.3. The largest absolute Gasteiger partial charge is 0.350 e. The molecule has 6 rings (SSSR count). The van der Waals surface area contributed by atoms with Crippen molar-refractivity contribution in [1.82, 2.24) is 34.8 Å². The molecule has 0 aromatic carbocycles. The second-order valence-corrected chi connectivity index (χ2v) is 11.3. The number of hydrogen-bond acceptors (Lipinski definition) is 7. The maximum absolute atomic E-state index is 13.5. The SMILES string of the molecule is CN1CCC[C@@H](NC(=O)[C@@H]2CC(C)(C)CN2c2nc(Nc3cc(C4CC4)[nH]n3)n3cccc3n2)C1. The van der Waals surface area contributed by atoms with E-state index in [0.717, 1.165) is 56.1 Å². The van der Waals surface area contributed by atoms with Gasteiger partial charge in [0.05, 0.1) is 0 Å². The summed E-state index contributed by atoms with van der Waals surface area (Å²) >= 11 is 0. The number of hydrogen-bond donors (Lipinski definition) is 3. The molecule has 0 bridgehead atoms. The summed E-state index contributed by atoms with van der Waals surface area (Å²) in [6, 6.07) is 5.87. The lowest BCUT2D eigenvalue weighted by atomic mass is 9.90. The molecule has 3 aliphatic rings. The number of rotatable bonds is 6. The third-order valence-electron chi connectivity index (χ3n) is 7.48. The van der Waals surface area contributed by atoms with Gasteiger partial charge < -0.3 is 20.4 Å². The molecule has 0 unspecified atom stereocenters. The van der Waals surface area contributed by atoms with Gasteiger partial charge in [-0.2, -0.15) is 15.1 Å². The summed E-state index contributed by atoms with van der Waals surface area (Å²) in [5.74, 6) is 2.63. The molecule has 3 aromatic rings. The maximum Gasteiger partial charge on any atom is 0.243 e. The van der Waals surface area contributed by atoms with Gasteiger partial charge >= 0.3 is 0 Å². The Hall–Kier alpha value is -3.14. The summed E-state index contributed by atoms with van der Waals surface area (Å²) in [6.45, 7) is 7.13. The molecule has 1 amide bonds. The Morgan fingerprint density at radius 3 is 2.89 bits per heavy atom. The summed E-state index contributed by atoms with van der Waals surface area (Å²) in [5.41, 5.74) is 1.93. The highest BCUT2D eigenvalue weighted by Gasteiger charge is 2.43. The molecule has 1 saturated carbocycles. The van der Waals surface area contributed by atoms with Crippen LogP contribution in [0.3, 0.4) is 0 Å². The normalized spacial score (nSPS) is 24.7. The zero-order chi connectivity index (χ0) is 24.2. The van der Waals surface area contributed by atoms with Crippen LogP contribution in [0.2, 0.25) is 0 Å². The van der Waals surface area contributed by atoms with Crippen molar-refractivity contribution in [3.05, 3.63) is 30.1 Å². The summed E-state index contributed by atoms with van der Waals surface area (Å²) in [4.78, 5) is 27.6. The van der Waals surface area contributed by atoms with Crippen LogP contribution in [0.5, 0.6) is 0 Å². The third-order valence-corrected chi connectivity index (χ3v) is 7.48. The van der Waals surface area contributed by atoms with E-state index in [-0.39, 0.29) is 23.4 Å². The molecule has 0 radical (unpaired) electrons. The predicted molar refractivity (Wildman–Crippen MR) is 135 cm³/mol. The molecule has 10 heteroatoms. The van der Waals surface area contributed by atoms with Crippen LogP contribution in [0.4, 0.5) is 17.7 Å². The Bertz CT molecular complexity index is 1230. The Balaban J connectivity index is 1.28. The van der Waals surface area contributed by atoms with Gasteiger partial charge in [0.15, 0.2) is 5.82 Å². The zero-order valence-electron chi connectivity index (χ0n) is 20.8. The highest BCUT2D eigenvalue weighted by atomic mass is 16.2. The van der Waals surface area contributed by atoms with E-state index in [9.17, 15) is 4.79 Å². The van der Waals surface area contributed by atoms with Crippen molar-refractivity contribution in [3.8, 4) is 0 Å². The standard InChI is InChI=1S/C25H35N9O/c1-25(2)13-19(22(35)26-17-6-4-10-32(3)14-17)34(15-25)24-28-21-7-5-11-33(21)23(29-24)27-20-12-18(30-31-20)16-8-9-16/h5,7,11-12,16-17,19H,4,6,8-10,13-15H2,1-3H3,(H,26,35)(H2,27,28,29,30,31)/t17-,19+/m1/s1. The molecule has 1 aliphatic carbocycles. The first-order valence-electron chi connectivity index (χ1n) is 12.8. The van der Waals surface area contributed by atoms with Crippen LogP contribution in [0.1, 0.15) is 57.6 Å². The predicted octanol–water partition coefficient (Wildman–Crippen LogP) is 2.89. The minimum Gasteiger partial charge on any atom is -0.350 e. The van der Waals surface area contributed by atoms with E-state index in [1.165, 1.54) is 12.8 Å². The molecule has 3 aromatic heterocycles. The van der Waals surface area contributed by atoms with E-state index in [4.69, 9.17) is 9.97 Å². The van der Waals surface area contributed by atoms with E-state index in [0.29, 0.717) is 17.8 Å². The Kier molecular flexibility index (Phi) is 5.43. The van der Waals surface area contributed by atoms with Crippen molar-refractivity contribution < 1.29 is 4.79 Å². The molecular formula is C25H35N9O. The number of likely N-dealkylation sites (N-methyl/N-ethyl adjacent to an activating group) is 1. The number of amides is 1. The van der Waals surface area contributed by atoms with Crippen LogP contribution < -0.4 is 15.5 Å². The lowest BCUT2D eigenvalue weighted by Crippen LogP contribution is -2.52. The van der Waals surface area contributed by atoms with Crippen LogP contribution in [0.25, 0.3) is 5.65 Å². The minimum atomic E-state index is -0.297. The van der Waals surface area contributed by atoms with Gasteiger partial charge in [-0.25, -0.2) is 0 Å². The molecule has 2 aliphatic heterocycles. The lowest BCUT2D eigenvalue weighted by molar-refractivity contribution is -0.123. The number of carbonyl (C=O) groups excluding carboxylic acids is 1. The van der Waals surface area contributed by atoms with Crippen molar-refractivity contribution >= 4 is 29.3 Å². The van der Waals surface area contributed by atoms with Crippen LogP contribution in [0, 0.1) is 5.41 Å². The number of aromatic nitrogens is 5. The first-order valence-corrected chi connectivity index (χ1v) is 12.8. The fourth-order valence-electron chi connectivity index (χ4n) is 5.55. The van der Waals surface area contributed by atoms with Crippen LogP contribution in [-0.4, -0.2) is 74.1 Å². The number of aromatic amines is 1. The smallest absolute Gasteiger partial charge is 0.243 e. The first-order chi connectivity index (χ1) is 16.8. The van der Waals surface area contributed by atoms with E-state index < -0.39 is 0 Å². The number of nitrogens with one attached hydrogen (secondary N) is 3. The summed E-state index contributed by atoms with van der Waals surface area (Å²) in [6.07, 6.45) is 7.27. The van der Waals surface area contributed by atoms with Crippen molar-refractivity contribution in [1.29, 1.82) is 0 Å². The summed E-state index contributed by atoms with van der Waals surface area (Å²) in [7, 11) is 2.12. The Morgan fingerprint density at radius 1 is 1.23 bits per heavy atom. The average molecular weight is 478 g/mol. The number of anilines is 3. The monoisotopic (exact) mass is 477 g/mol. The number of fused-ring (bicyclic) bond motifs is 1. The Morgan fingerprint density at radius 2 is 2.09 bits per heavy atom. The molecule has 5 heterocycles. The molecule has 2 saturated heterocycles. The first kappa shape index (κ1) is 22.3. The second kappa shape index (κ2) is 8.51. The molecule has 3 N–H and O–H groups in total. The summed E-state index contributed by atoms with van der Waals surface area (Å²) < 4.78 is 1.92. The zero-order valence-corrected chi connectivity index (χ0v) is 20.8. The van der Waals surface area contributed by atoms with Gasteiger partial charge in [0.2, 0.25) is 17.8 Å². The minimum absolute atomic E-state index is 0.0161. The lowest BCUT2D eigenvalue weighted by Gasteiger charge is -2.32. The number of nitrogens with zero attached hydrogens (tertiary/aromatic N) is 6. The highest BCUT2D eigenvalue weighted by molar-refractivity contribution is 5.86. The van der Waals surface area contributed by atoms with Gasteiger partial charge in [0, 0.05) is 43.0 Å². The number of piperidine rings is 1. The van der Waals surface area contributed by atoms with Gasteiger partial charge in [0.25, 0.3) is 0 Å². The third kappa shape index (κ3) is 4.59. The van der Waals surface area contributed by atoms with Gasteiger partial charge in [-0.15, -0.1) is 0 Å². The molecule has 10 nitrogen and oxygen atoms in total. The molecule has 186 valence electrons. The molecule has 0 spiro atoms. The van der Waals surface area contributed by atoms with Crippen molar-refractivity contribution in [3.63, 3.8) is 0 Å². The fraction of sp³-hybridized carbons (Fsp3) is 0.600. The molecule has 2 atom stereocenters. The van der Waals surface area contributed by atoms with Gasteiger partial charge in [-0.05, 0) is 63.2 Å². The van der Waals surface area contributed by atoms with Crippen molar-refractivity contribution in [2.45, 2.75) is 64.0 Å². The van der Waals surface area contributed by atoms with E-state index in [1.54, 1.807) is 0 Å². The average Bonchev–Trinajstić information content (AvgIpc) is 3.21. The number of H-pyrrole nitrogens is 1. The highest BCUT2D eigenvalue weighted by Crippen LogP contribution is 2.40. The number of likely N-dealkylation sites (tertiary alicyclic amines) is 1. The topological polar surface area (TPSA) is 106 Å². The van der Waals surface area contributed by atoms with Crippen LogP contribution in [-0.2, 0) is 4.79 Å². The molecule has 3 fully saturated rings. The Labute approximate surface area is 205 Å². The second-order valence-electron chi connectivity index (χ2n) is 11.3. The molecule has 35 heavy (non-hydrogen) atoms. The molecular weight excluding hydrogens is 442 g/mol. The van der Waals surface area contributed by atoms with Crippen LogP contribution in [0.15, 0.2) is 24.4 Å². The van der Waals surface area contributed by atoms with Gasteiger partial charge in [0.1, 0.15) is 11.7 Å². The van der Waals surface area contributed by atoms with Gasteiger partial charge in [-0.3, -0.25) is 14.3 Å². The van der Waals surface area contributed by atoms with E-state index >= 15 is 0 Å². The quantitative estimate of drug-likeness (QED) is 0.501. The van der Waals surface area contributed by atoms with Crippen LogP contribution >= 0.6 is 0 Å². The van der Waals surface area contributed by atoms with Gasteiger partial charge in [-0.1, -0.05) is 13.8 Å².